The molecule has 6 rings (SSSR count). The zero-order valence-corrected chi connectivity index (χ0v) is 24.5. The molecular formula is C29H32F7N7O2. The molecular weight excluding hydrogens is 611 g/mol. The predicted molar refractivity (Wildman–Crippen MR) is 152 cm³/mol. The van der Waals surface area contributed by atoms with Crippen LogP contribution in [0.1, 0.15) is 37.3 Å². The van der Waals surface area contributed by atoms with Crippen molar-refractivity contribution in [2.75, 3.05) is 50.4 Å². The van der Waals surface area contributed by atoms with Gasteiger partial charge in [-0.1, -0.05) is 0 Å². The van der Waals surface area contributed by atoms with E-state index in [2.05, 4.69) is 25.6 Å². The van der Waals surface area contributed by atoms with E-state index in [-0.39, 0.29) is 30.2 Å². The topological polar surface area (TPSA) is 110 Å². The SMILES string of the molecule is Cc1c(F)c(N)cc(-c2nc3c4c(nc(OCC56CCCN5CC(F)C6F)nc4c2F)NCCNCCC(C)O3)c1C(F)(F)F. The normalized spacial score (nSPS) is 25.8. The highest BCUT2D eigenvalue weighted by Crippen LogP contribution is 2.46. The molecule has 0 spiro atoms. The maximum absolute atomic E-state index is 16.5. The van der Waals surface area contributed by atoms with E-state index >= 15 is 8.78 Å². The predicted octanol–water partition coefficient (Wildman–Crippen LogP) is 4.96. The van der Waals surface area contributed by atoms with E-state index < -0.39 is 81.4 Å². The van der Waals surface area contributed by atoms with Gasteiger partial charge >= 0.3 is 12.2 Å². The highest BCUT2D eigenvalue weighted by Gasteiger charge is 2.58. The van der Waals surface area contributed by atoms with Crippen LogP contribution < -0.4 is 25.8 Å². The maximum atomic E-state index is 16.5. The van der Waals surface area contributed by atoms with Gasteiger partial charge in [-0.3, -0.25) is 4.90 Å². The number of alkyl halides is 5. The van der Waals surface area contributed by atoms with E-state index in [0.717, 1.165) is 6.92 Å². The van der Waals surface area contributed by atoms with Crippen LogP contribution in [0.2, 0.25) is 0 Å². The van der Waals surface area contributed by atoms with Crippen molar-refractivity contribution in [3.63, 3.8) is 0 Å². The van der Waals surface area contributed by atoms with Gasteiger partial charge in [-0.25, -0.2) is 22.5 Å². The molecule has 3 aliphatic rings. The standard InChI is InChI=1S/C29H32F7N7O2/c1-13-4-6-38-7-8-39-25-18-23(41-27(42-25)44-12-28-5-3-9-43(28)11-16(30)24(28)33)21(32)22(40-26(18)45-13)15-10-17(37)20(31)14(2)19(15)29(34,35)36/h10,13,16,24,38H,3-9,11-12,37H2,1-2H3,(H,39,41,42). The van der Waals surface area contributed by atoms with Gasteiger partial charge in [0.1, 0.15) is 41.0 Å². The molecule has 4 N–H and O–H groups in total. The minimum Gasteiger partial charge on any atom is -0.474 e. The summed E-state index contributed by atoms with van der Waals surface area (Å²) in [5.74, 6) is -2.84. The highest BCUT2D eigenvalue weighted by molar-refractivity contribution is 5.96. The van der Waals surface area contributed by atoms with Crippen LogP contribution in [0.3, 0.4) is 0 Å². The molecule has 16 heteroatoms. The van der Waals surface area contributed by atoms with Crippen molar-refractivity contribution in [3.8, 4) is 23.1 Å². The largest absolute Gasteiger partial charge is 0.474 e. The first kappa shape index (κ1) is 31.3. The molecule has 0 bridgehead atoms. The number of nitrogens with zero attached hydrogens (tertiary/aromatic N) is 4. The number of pyridine rings is 1. The molecule has 3 aromatic rings. The molecule has 0 amide bonds. The van der Waals surface area contributed by atoms with Gasteiger partial charge < -0.3 is 25.8 Å². The third-order valence-corrected chi connectivity index (χ3v) is 8.78. The Balaban J connectivity index is 1.55. The van der Waals surface area contributed by atoms with Crippen molar-refractivity contribution in [2.45, 2.75) is 63.3 Å². The molecule has 3 aliphatic heterocycles. The van der Waals surface area contributed by atoms with Crippen LogP contribution in [0.15, 0.2) is 6.07 Å². The minimum absolute atomic E-state index is 0.0112. The number of halogens is 7. The summed E-state index contributed by atoms with van der Waals surface area (Å²) in [5.41, 5.74) is -0.609. The summed E-state index contributed by atoms with van der Waals surface area (Å²) in [5, 5.41) is 6.18. The van der Waals surface area contributed by atoms with E-state index in [9.17, 15) is 22.0 Å². The Hall–Kier alpha value is -3.66. The summed E-state index contributed by atoms with van der Waals surface area (Å²) < 4.78 is 115. The Kier molecular flexibility index (Phi) is 8.08. The van der Waals surface area contributed by atoms with E-state index in [1.807, 2.05) is 0 Å². The number of aromatic nitrogens is 3. The lowest BCUT2D eigenvalue weighted by atomic mass is 9.93. The fourth-order valence-electron chi connectivity index (χ4n) is 6.51. The number of hydrogen-bond donors (Lipinski definition) is 3. The lowest BCUT2D eigenvalue weighted by Crippen LogP contribution is -2.50. The minimum atomic E-state index is -5.10. The Bertz CT molecular complexity index is 1620. The van der Waals surface area contributed by atoms with Crippen LogP contribution in [0, 0.1) is 18.6 Å². The molecule has 244 valence electrons. The van der Waals surface area contributed by atoms with Gasteiger partial charge in [-0.15, -0.1) is 0 Å². The van der Waals surface area contributed by atoms with E-state index in [0.29, 0.717) is 51.5 Å². The molecule has 4 unspecified atom stereocenters. The molecule has 1 aromatic carbocycles. The molecule has 2 aromatic heterocycles. The first-order chi connectivity index (χ1) is 21.3. The number of nitrogen functional groups attached to an aromatic ring is 1. The number of ether oxygens (including phenoxy) is 2. The van der Waals surface area contributed by atoms with Gasteiger partial charge in [0, 0.05) is 25.2 Å². The van der Waals surface area contributed by atoms with Gasteiger partial charge in [0.2, 0.25) is 5.88 Å². The second kappa shape index (κ2) is 11.6. The van der Waals surface area contributed by atoms with Gasteiger partial charge in [-0.2, -0.15) is 23.1 Å². The van der Waals surface area contributed by atoms with E-state index in [1.54, 1.807) is 11.8 Å². The Morgan fingerprint density at radius 2 is 1.91 bits per heavy atom. The molecule has 2 saturated heterocycles. The van der Waals surface area contributed by atoms with Gasteiger partial charge in [0.15, 0.2) is 12.0 Å². The zero-order valence-electron chi connectivity index (χ0n) is 24.5. The Morgan fingerprint density at radius 1 is 1.13 bits per heavy atom. The Labute approximate surface area is 253 Å². The van der Waals surface area contributed by atoms with Crippen molar-refractivity contribution >= 4 is 22.4 Å². The monoisotopic (exact) mass is 643 g/mol. The Morgan fingerprint density at radius 3 is 2.67 bits per heavy atom. The average Bonchev–Trinajstić information content (AvgIpc) is 3.47. The van der Waals surface area contributed by atoms with Crippen molar-refractivity contribution in [3.05, 3.63) is 28.8 Å². The quantitative estimate of drug-likeness (QED) is 0.269. The first-order valence-corrected chi connectivity index (χ1v) is 14.7. The zero-order chi connectivity index (χ0) is 32.3. The molecule has 0 saturated carbocycles. The third-order valence-electron chi connectivity index (χ3n) is 8.78. The van der Waals surface area contributed by atoms with Crippen molar-refractivity contribution in [1.29, 1.82) is 0 Å². The fraction of sp³-hybridized carbons (Fsp3) is 0.552. The summed E-state index contributed by atoms with van der Waals surface area (Å²) in [6, 6.07) is 0.262. The van der Waals surface area contributed by atoms with Crippen LogP contribution in [-0.4, -0.2) is 83.2 Å². The number of nitrogens with two attached hydrogens (primary N) is 1. The van der Waals surface area contributed by atoms with Gasteiger partial charge in [0.05, 0.1) is 22.9 Å². The number of benzene rings is 1. The number of fused-ring (bicyclic) bond motifs is 1. The summed E-state index contributed by atoms with van der Waals surface area (Å²) in [6.45, 7) is 3.95. The number of hydrogen-bond acceptors (Lipinski definition) is 9. The maximum Gasteiger partial charge on any atom is 0.417 e. The van der Waals surface area contributed by atoms with Gasteiger partial charge in [-0.05, 0) is 57.8 Å². The summed E-state index contributed by atoms with van der Waals surface area (Å²) in [6.07, 6.45) is -7.74. The highest BCUT2D eigenvalue weighted by atomic mass is 19.4. The summed E-state index contributed by atoms with van der Waals surface area (Å²) >= 11 is 0. The summed E-state index contributed by atoms with van der Waals surface area (Å²) in [4.78, 5) is 14.4. The molecule has 4 atom stereocenters. The lowest BCUT2D eigenvalue weighted by Gasteiger charge is -2.32. The molecule has 45 heavy (non-hydrogen) atoms. The summed E-state index contributed by atoms with van der Waals surface area (Å²) in [7, 11) is 0. The molecule has 5 heterocycles. The van der Waals surface area contributed by atoms with E-state index in [1.165, 1.54) is 0 Å². The van der Waals surface area contributed by atoms with E-state index in [4.69, 9.17) is 15.2 Å². The van der Waals surface area contributed by atoms with Crippen LogP contribution in [-0.2, 0) is 6.18 Å². The molecule has 2 fully saturated rings. The van der Waals surface area contributed by atoms with Crippen LogP contribution >= 0.6 is 0 Å². The van der Waals surface area contributed by atoms with Gasteiger partial charge in [0.25, 0.3) is 0 Å². The lowest BCUT2D eigenvalue weighted by molar-refractivity contribution is -0.137. The number of rotatable bonds is 4. The van der Waals surface area contributed by atoms with Crippen LogP contribution in [0.25, 0.3) is 22.2 Å². The van der Waals surface area contributed by atoms with Crippen LogP contribution in [0.5, 0.6) is 11.9 Å². The number of anilines is 2. The smallest absolute Gasteiger partial charge is 0.417 e. The number of nitrogens with one attached hydrogen (secondary N) is 2. The van der Waals surface area contributed by atoms with Crippen molar-refractivity contribution in [2.24, 2.45) is 0 Å². The second-order valence-corrected chi connectivity index (χ2v) is 11.7. The molecule has 0 aliphatic carbocycles. The third kappa shape index (κ3) is 5.45. The molecule has 9 nitrogen and oxygen atoms in total. The van der Waals surface area contributed by atoms with Crippen molar-refractivity contribution < 1.29 is 40.2 Å². The van der Waals surface area contributed by atoms with Crippen LogP contribution in [0.4, 0.5) is 42.2 Å². The fourth-order valence-corrected chi connectivity index (χ4v) is 6.51. The van der Waals surface area contributed by atoms with Crippen molar-refractivity contribution in [1.82, 2.24) is 25.2 Å². The molecule has 0 radical (unpaired) electrons. The second-order valence-electron chi connectivity index (χ2n) is 11.7. The average molecular weight is 644 g/mol. The first-order valence-electron chi connectivity index (χ1n) is 14.7.